The molecule has 0 radical (unpaired) electrons. The summed E-state index contributed by atoms with van der Waals surface area (Å²) in [4.78, 5) is 4.65. The van der Waals surface area contributed by atoms with E-state index in [-0.39, 0.29) is 0 Å². The van der Waals surface area contributed by atoms with Crippen molar-refractivity contribution in [3.05, 3.63) is 29.3 Å². The molecule has 2 nitrogen and oxygen atoms in total. The van der Waals surface area contributed by atoms with Crippen molar-refractivity contribution in [2.24, 2.45) is 11.1 Å². The van der Waals surface area contributed by atoms with Gasteiger partial charge in [-0.2, -0.15) is 0 Å². The molecule has 0 saturated heterocycles. The fourth-order valence-electron chi connectivity index (χ4n) is 1.95. The minimum atomic E-state index is 0.397. The molecule has 1 saturated carbocycles. The Morgan fingerprint density at radius 3 is 2.80 bits per heavy atom. The predicted molar refractivity (Wildman–Crippen MR) is 64.0 cm³/mol. The Labute approximate surface area is 93.1 Å². The van der Waals surface area contributed by atoms with Crippen LogP contribution >= 0.6 is 11.3 Å². The molecule has 0 amide bonds. The number of para-hydroxylation sites is 1. The number of nitrogens with zero attached hydrogens (tertiary/aromatic N) is 1. The molecule has 2 aromatic rings. The molecule has 1 aromatic carbocycles. The van der Waals surface area contributed by atoms with Gasteiger partial charge >= 0.3 is 0 Å². The third-order valence-corrected chi connectivity index (χ3v) is 4.29. The van der Waals surface area contributed by atoms with Gasteiger partial charge in [-0.25, -0.2) is 4.98 Å². The van der Waals surface area contributed by atoms with Crippen molar-refractivity contribution in [2.45, 2.75) is 19.3 Å². The third kappa shape index (κ3) is 1.66. The van der Waals surface area contributed by atoms with Crippen LogP contribution in [0.2, 0.25) is 0 Å². The van der Waals surface area contributed by atoms with Gasteiger partial charge in [0, 0.05) is 6.42 Å². The first-order chi connectivity index (χ1) is 7.31. The van der Waals surface area contributed by atoms with Crippen LogP contribution < -0.4 is 5.73 Å². The smallest absolute Gasteiger partial charge is 0.0944 e. The number of nitrogens with two attached hydrogens (primary N) is 1. The highest BCUT2D eigenvalue weighted by molar-refractivity contribution is 7.18. The zero-order valence-corrected chi connectivity index (χ0v) is 9.39. The lowest BCUT2D eigenvalue weighted by Crippen LogP contribution is -2.17. The molecule has 2 N–H and O–H groups in total. The molecular formula is C12H14N2S. The minimum absolute atomic E-state index is 0.397. The average molecular weight is 218 g/mol. The zero-order chi connectivity index (χ0) is 10.3. The molecule has 15 heavy (non-hydrogen) atoms. The van der Waals surface area contributed by atoms with Crippen molar-refractivity contribution in [1.82, 2.24) is 4.98 Å². The van der Waals surface area contributed by atoms with Gasteiger partial charge in [-0.3, -0.25) is 0 Å². The van der Waals surface area contributed by atoms with Gasteiger partial charge in [0.25, 0.3) is 0 Å². The maximum Gasteiger partial charge on any atom is 0.0944 e. The molecule has 3 heteroatoms. The van der Waals surface area contributed by atoms with E-state index in [1.807, 2.05) is 17.4 Å². The van der Waals surface area contributed by atoms with Gasteiger partial charge in [0.05, 0.1) is 15.2 Å². The largest absolute Gasteiger partial charge is 0.330 e. The summed E-state index contributed by atoms with van der Waals surface area (Å²) in [7, 11) is 0. The second-order valence-electron chi connectivity index (χ2n) is 4.46. The fraction of sp³-hybridized carbons (Fsp3) is 0.417. The molecule has 0 bridgehead atoms. The minimum Gasteiger partial charge on any atom is -0.330 e. The van der Waals surface area contributed by atoms with Gasteiger partial charge in [0.2, 0.25) is 0 Å². The molecule has 3 rings (SSSR count). The predicted octanol–water partition coefficient (Wildman–Crippen LogP) is 2.58. The molecule has 1 aliphatic carbocycles. The Morgan fingerprint density at radius 2 is 2.13 bits per heavy atom. The van der Waals surface area contributed by atoms with Gasteiger partial charge in [0.15, 0.2) is 0 Å². The Balaban J connectivity index is 1.92. The maximum atomic E-state index is 5.79. The molecule has 0 aliphatic heterocycles. The van der Waals surface area contributed by atoms with Crippen molar-refractivity contribution in [1.29, 1.82) is 0 Å². The van der Waals surface area contributed by atoms with Crippen LogP contribution in [0.1, 0.15) is 17.8 Å². The van der Waals surface area contributed by atoms with Gasteiger partial charge in [-0.1, -0.05) is 12.1 Å². The molecule has 78 valence electrons. The molecule has 1 aliphatic rings. The topological polar surface area (TPSA) is 38.9 Å². The third-order valence-electron chi connectivity index (χ3n) is 3.25. The quantitative estimate of drug-likeness (QED) is 0.860. The summed E-state index contributed by atoms with van der Waals surface area (Å²) in [6, 6.07) is 8.33. The number of hydrogen-bond acceptors (Lipinski definition) is 3. The van der Waals surface area contributed by atoms with E-state index in [0.717, 1.165) is 18.5 Å². The van der Waals surface area contributed by atoms with Crippen molar-refractivity contribution < 1.29 is 0 Å². The standard InChI is InChI=1S/C12H14N2S/c13-8-12(5-6-12)7-11-14-9-3-1-2-4-10(9)15-11/h1-4H,5-8,13H2. The number of benzene rings is 1. The van der Waals surface area contributed by atoms with Gasteiger partial charge in [-0.15, -0.1) is 11.3 Å². The highest BCUT2D eigenvalue weighted by Crippen LogP contribution is 2.47. The number of fused-ring (bicyclic) bond motifs is 1. The van der Waals surface area contributed by atoms with Crippen LogP contribution in [0.25, 0.3) is 10.2 Å². The summed E-state index contributed by atoms with van der Waals surface area (Å²) in [6.07, 6.45) is 3.63. The SMILES string of the molecule is NCC1(Cc2nc3ccccc3s2)CC1. The second kappa shape index (κ2) is 3.29. The van der Waals surface area contributed by atoms with Crippen molar-refractivity contribution in [3.63, 3.8) is 0 Å². The first kappa shape index (κ1) is 9.31. The molecule has 1 aromatic heterocycles. The Hall–Kier alpha value is -0.930. The van der Waals surface area contributed by atoms with Crippen molar-refractivity contribution in [3.8, 4) is 0 Å². The molecule has 0 spiro atoms. The van der Waals surface area contributed by atoms with E-state index in [2.05, 4.69) is 23.2 Å². The van der Waals surface area contributed by atoms with E-state index < -0.39 is 0 Å². The van der Waals surface area contributed by atoms with E-state index in [1.165, 1.54) is 22.5 Å². The second-order valence-corrected chi connectivity index (χ2v) is 5.57. The normalized spacial score (nSPS) is 18.2. The molecule has 0 atom stereocenters. The van der Waals surface area contributed by atoms with Crippen molar-refractivity contribution in [2.75, 3.05) is 6.54 Å². The lowest BCUT2D eigenvalue weighted by molar-refractivity contribution is 0.520. The average Bonchev–Trinajstić information content (AvgIpc) is 2.91. The Morgan fingerprint density at radius 1 is 1.33 bits per heavy atom. The van der Waals surface area contributed by atoms with Crippen molar-refractivity contribution >= 4 is 21.6 Å². The fourth-order valence-corrected chi connectivity index (χ4v) is 3.09. The zero-order valence-electron chi connectivity index (χ0n) is 8.57. The molecule has 0 unspecified atom stereocenters. The van der Waals surface area contributed by atoms with E-state index in [1.54, 1.807) is 0 Å². The van der Waals surface area contributed by atoms with Crippen LogP contribution in [0.4, 0.5) is 0 Å². The highest BCUT2D eigenvalue weighted by atomic mass is 32.1. The summed E-state index contributed by atoms with van der Waals surface area (Å²) in [6.45, 7) is 0.808. The lowest BCUT2D eigenvalue weighted by atomic mass is 10.0. The molecule has 1 fully saturated rings. The van der Waals surface area contributed by atoms with Gasteiger partial charge in [0.1, 0.15) is 0 Å². The summed E-state index contributed by atoms with van der Waals surface area (Å²) in [5.41, 5.74) is 7.31. The number of hydrogen-bond donors (Lipinski definition) is 1. The van der Waals surface area contributed by atoms with Crippen LogP contribution in [-0.4, -0.2) is 11.5 Å². The molecular weight excluding hydrogens is 204 g/mol. The summed E-state index contributed by atoms with van der Waals surface area (Å²) >= 11 is 1.81. The van der Waals surface area contributed by atoms with Gasteiger partial charge < -0.3 is 5.73 Å². The van der Waals surface area contributed by atoms with Crippen LogP contribution in [0.15, 0.2) is 24.3 Å². The monoisotopic (exact) mass is 218 g/mol. The van der Waals surface area contributed by atoms with E-state index in [4.69, 9.17) is 5.73 Å². The van der Waals surface area contributed by atoms with E-state index >= 15 is 0 Å². The summed E-state index contributed by atoms with van der Waals surface area (Å²) < 4.78 is 1.29. The van der Waals surface area contributed by atoms with Crippen LogP contribution in [0, 0.1) is 5.41 Å². The van der Waals surface area contributed by atoms with Crippen LogP contribution in [0.3, 0.4) is 0 Å². The Kier molecular flexibility index (Phi) is 2.04. The Bertz CT molecular complexity index is 452. The van der Waals surface area contributed by atoms with Gasteiger partial charge in [-0.05, 0) is 36.9 Å². The summed E-state index contributed by atoms with van der Waals surface area (Å²) in [5.74, 6) is 0. The maximum absolute atomic E-state index is 5.79. The lowest BCUT2D eigenvalue weighted by Gasteiger charge is -2.08. The molecule has 1 heterocycles. The number of rotatable bonds is 3. The van der Waals surface area contributed by atoms with E-state index in [0.29, 0.717) is 5.41 Å². The van der Waals surface area contributed by atoms with Crippen LogP contribution in [-0.2, 0) is 6.42 Å². The highest BCUT2D eigenvalue weighted by Gasteiger charge is 2.41. The number of thiazole rings is 1. The first-order valence-electron chi connectivity index (χ1n) is 5.36. The van der Waals surface area contributed by atoms with E-state index in [9.17, 15) is 0 Å². The first-order valence-corrected chi connectivity index (χ1v) is 6.18. The van der Waals surface area contributed by atoms with Crippen LogP contribution in [0.5, 0.6) is 0 Å². The number of aromatic nitrogens is 1. The summed E-state index contributed by atoms with van der Waals surface area (Å²) in [5, 5.41) is 1.25.